The summed E-state index contributed by atoms with van der Waals surface area (Å²) in [5, 5.41) is 2.86. The summed E-state index contributed by atoms with van der Waals surface area (Å²) in [5.41, 5.74) is 3.34. The molecule has 142 valence electrons. The molecule has 2 aliphatic rings. The Balaban J connectivity index is 1.36. The Morgan fingerprint density at radius 1 is 1.21 bits per heavy atom. The molecule has 2 aromatic carbocycles. The topological polar surface area (TPSA) is 78.1 Å². The van der Waals surface area contributed by atoms with Gasteiger partial charge in [-0.15, -0.1) is 11.8 Å². The quantitative estimate of drug-likeness (QED) is 0.698. The first-order valence-corrected chi connectivity index (χ1v) is 10.5. The molecule has 1 fully saturated rings. The van der Waals surface area contributed by atoms with Gasteiger partial charge in [-0.3, -0.25) is 9.59 Å². The second-order valence-electron chi connectivity index (χ2n) is 7.28. The number of H-pyrrole nitrogens is 1. The van der Waals surface area contributed by atoms with E-state index in [1.54, 1.807) is 6.07 Å². The predicted molar refractivity (Wildman–Crippen MR) is 110 cm³/mol. The lowest BCUT2D eigenvalue weighted by Crippen LogP contribution is -2.39. The SMILES string of the molecule is O=C1CSc2ccc(C(=O)N3CCC[C@H](c4nc5ccccc5[nH]4)C3)cc2N1. The van der Waals surface area contributed by atoms with Crippen LogP contribution in [0.5, 0.6) is 0 Å². The number of carbonyl (C=O) groups is 2. The van der Waals surface area contributed by atoms with Crippen molar-refractivity contribution in [1.82, 2.24) is 14.9 Å². The van der Waals surface area contributed by atoms with E-state index in [4.69, 9.17) is 4.98 Å². The summed E-state index contributed by atoms with van der Waals surface area (Å²) in [4.78, 5) is 35.8. The summed E-state index contributed by atoms with van der Waals surface area (Å²) in [6, 6.07) is 13.6. The number of aromatic nitrogens is 2. The number of fused-ring (bicyclic) bond motifs is 2. The van der Waals surface area contributed by atoms with Crippen LogP contribution in [0.2, 0.25) is 0 Å². The molecular formula is C21H20N4O2S. The molecule has 28 heavy (non-hydrogen) atoms. The van der Waals surface area contributed by atoms with Gasteiger partial charge in [0.25, 0.3) is 5.91 Å². The Morgan fingerprint density at radius 3 is 3.00 bits per heavy atom. The lowest BCUT2D eigenvalue weighted by Gasteiger charge is -2.32. The van der Waals surface area contributed by atoms with E-state index in [1.165, 1.54) is 11.8 Å². The minimum absolute atomic E-state index is 0.00781. The van der Waals surface area contributed by atoms with E-state index >= 15 is 0 Å². The van der Waals surface area contributed by atoms with Crippen LogP contribution >= 0.6 is 11.8 Å². The van der Waals surface area contributed by atoms with Crippen molar-refractivity contribution in [2.75, 3.05) is 24.2 Å². The number of para-hydroxylation sites is 2. The summed E-state index contributed by atoms with van der Waals surface area (Å²) in [5.74, 6) is 1.57. The number of thioether (sulfide) groups is 1. The third kappa shape index (κ3) is 3.16. The van der Waals surface area contributed by atoms with E-state index in [-0.39, 0.29) is 17.7 Å². The summed E-state index contributed by atoms with van der Waals surface area (Å²) >= 11 is 1.50. The van der Waals surface area contributed by atoms with E-state index in [9.17, 15) is 9.59 Å². The van der Waals surface area contributed by atoms with E-state index < -0.39 is 0 Å². The average molecular weight is 392 g/mol. The zero-order valence-corrected chi connectivity index (χ0v) is 16.1. The molecule has 7 heteroatoms. The van der Waals surface area contributed by atoms with Crippen molar-refractivity contribution < 1.29 is 9.59 Å². The molecule has 0 radical (unpaired) electrons. The molecule has 0 saturated carbocycles. The smallest absolute Gasteiger partial charge is 0.253 e. The summed E-state index contributed by atoms with van der Waals surface area (Å²) in [6.07, 6.45) is 1.96. The highest BCUT2D eigenvalue weighted by atomic mass is 32.2. The minimum Gasteiger partial charge on any atom is -0.342 e. The van der Waals surface area contributed by atoms with Crippen molar-refractivity contribution in [1.29, 1.82) is 0 Å². The van der Waals surface area contributed by atoms with Crippen LogP contribution in [0.4, 0.5) is 5.69 Å². The first kappa shape index (κ1) is 17.3. The number of benzene rings is 2. The molecule has 1 aromatic heterocycles. The third-order valence-corrected chi connectivity index (χ3v) is 6.44. The number of hydrogen-bond donors (Lipinski definition) is 2. The minimum atomic E-state index is -0.0231. The molecule has 5 rings (SSSR count). The van der Waals surface area contributed by atoms with Crippen LogP contribution in [-0.2, 0) is 4.79 Å². The van der Waals surface area contributed by atoms with Crippen LogP contribution in [0.15, 0.2) is 47.4 Å². The highest BCUT2D eigenvalue weighted by molar-refractivity contribution is 8.00. The van der Waals surface area contributed by atoms with Gasteiger partial charge in [0.15, 0.2) is 0 Å². The highest BCUT2D eigenvalue weighted by Crippen LogP contribution is 2.33. The van der Waals surface area contributed by atoms with E-state index in [0.29, 0.717) is 17.9 Å². The zero-order chi connectivity index (χ0) is 19.1. The largest absolute Gasteiger partial charge is 0.342 e. The molecule has 0 aliphatic carbocycles. The van der Waals surface area contributed by atoms with Crippen LogP contribution in [-0.4, -0.2) is 45.5 Å². The standard InChI is InChI=1S/C21H20N4O2S/c26-19-12-28-18-8-7-13(10-17(18)22-19)21(27)25-9-3-4-14(11-25)20-23-15-5-1-2-6-16(15)24-20/h1-2,5-8,10,14H,3-4,9,11-12H2,(H,22,26)(H,23,24)/t14-/m0/s1. The fraction of sp³-hybridized carbons (Fsp3) is 0.286. The molecular weight excluding hydrogens is 372 g/mol. The number of nitrogens with zero attached hydrogens (tertiary/aromatic N) is 2. The third-order valence-electron chi connectivity index (χ3n) is 5.36. The number of anilines is 1. The summed E-state index contributed by atoms with van der Waals surface area (Å²) in [7, 11) is 0. The van der Waals surface area contributed by atoms with Crippen molar-refractivity contribution in [2.24, 2.45) is 0 Å². The Morgan fingerprint density at radius 2 is 2.11 bits per heavy atom. The van der Waals surface area contributed by atoms with Crippen LogP contribution in [0.1, 0.15) is 34.9 Å². The predicted octanol–water partition coefficient (Wildman–Crippen LogP) is 3.63. The van der Waals surface area contributed by atoms with Gasteiger partial charge >= 0.3 is 0 Å². The van der Waals surface area contributed by atoms with Crippen LogP contribution < -0.4 is 5.32 Å². The Hall–Kier alpha value is -2.80. The van der Waals surface area contributed by atoms with Gasteiger partial charge in [0, 0.05) is 29.5 Å². The second-order valence-corrected chi connectivity index (χ2v) is 8.29. The van der Waals surface area contributed by atoms with Gasteiger partial charge in [-0.2, -0.15) is 0 Å². The monoisotopic (exact) mass is 392 g/mol. The maximum absolute atomic E-state index is 13.1. The number of aromatic amines is 1. The van der Waals surface area contributed by atoms with E-state index in [0.717, 1.165) is 46.8 Å². The number of nitrogens with one attached hydrogen (secondary N) is 2. The van der Waals surface area contributed by atoms with Gasteiger partial charge in [-0.25, -0.2) is 4.98 Å². The van der Waals surface area contributed by atoms with Gasteiger partial charge in [-0.05, 0) is 43.2 Å². The summed E-state index contributed by atoms with van der Waals surface area (Å²) < 4.78 is 0. The number of piperidine rings is 1. The van der Waals surface area contributed by atoms with E-state index in [2.05, 4.69) is 10.3 Å². The number of rotatable bonds is 2. The second kappa shape index (κ2) is 6.98. The normalized spacial score (nSPS) is 19.4. The van der Waals surface area contributed by atoms with E-state index in [1.807, 2.05) is 41.3 Å². The van der Waals surface area contributed by atoms with Crippen LogP contribution in [0, 0.1) is 0 Å². The highest BCUT2D eigenvalue weighted by Gasteiger charge is 2.28. The van der Waals surface area contributed by atoms with Gasteiger partial charge in [0.1, 0.15) is 5.82 Å². The number of carbonyl (C=O) groups excluding carboxylic acids is 2. The number of imidazole rings is 1. The molecule has 2 amide bonds. The average Bonchev–Trinajstić information content (AvgIpc) is 3.17. The molecule has 1 saturated heterocycles. The van der Waals surface area contributed by atoms with Crippen LogP contribution in [0.3, 0.4) is 0 Å². The number of amides is 2. The molecule has 2 aliphatic heterocycles. The molecule has 6 nitrogen and oxygen atoms in total. The summed E-state index contributed by atoms with van der Waals surface area (Å²) in [6.45, 7) is 1.39. The molecule has 0 bridgehead atoms. The lowest BCUT2D eigenvalue weighted by molar-refractivity contribution is -0.113. The molecule has 2 N–H and O–H groups in total. The molecule has 3 heterocycles. The van der Waals surface area contributed by atoms with Gasteiger partial charge in [0.05, 0.1) is 22.5 Å². The maximum atomic E-state index is 13.1. The zero-order valence-electron chi connectivity index (χ0n) is 15.3. The van der Waals surface area contributed by atoms with Gasteiger partial charge < -0.3 is 15.2 Å². The number of likely N-dealkylation sites (tertiary alicyclic amines) is 1. The van der Waals surface area contributed by atoms with Gasteiger partial charge in [0.2, 0.25) is 5.91 Å². The molecule has 1 atom stereocenters. The fourth-order valence-corrected chi connectivity index (χ4v) is 4.74. The van der Waals surface area contributed by atoms with Crippen molar-refractivity contribution in [3.63, 3.8) is 0 Å². The van der Waals surface area contributed by atoms with Gasteiger partial charge in [-0.1, -0.05) is 12.1 Å². The molecule has 0 unspecified atom stereocenters. The Kier molecular flexibility index (Phi) is 4.31. The first-order chi connectivity index (χ1) is 13.7. The van der Waals surface area contributed by atoms with Crippen molar-refractivity contribution in [2.45, 2.75) is 23.7 Å². The van der Waals surface area contributed by atoms with Crippen molar-refractivity contribution >= 4 is 40.3 Å². The maximum Gasteiger partial charge on any atom is 0.253 e. The lowest BCUT2D eigenvalue weighted by atomic mass is 9.96. The first-order valence-electron chi connectivity index (χ1n) is 9.48. The Labute approximate surface area is 166 Å². The number of hydrogen-bond acceptors (Lipinski definition) is 4. The van der Waals surface area contributed by atoms with Crippen molar-refractivity contribution in [3.05, 3.63) is 53.9 Å². The van der Waals surface area contributed by atoms with Crippen LogP contribution in [0.25, 0.3) is 11.0 Å². The molecule has 3 aromatic rings. The Bertz CT molecular complexity index is 1040. The fourth-order valence-electron chi connectivity index (χ4n) is 3.95. The van der Waals surface area contributed by atoms with Crippen molar-refractivity contribution in [3.8, 4) is 0 Å². The molecule has 0 spiro atoms.